The van der Waals surface area contributed by atoms with Gasteiger partial charge in [0.05, 0.1) is 13.4 Å². The Morgan fingerprint density at radius 3 is 2.67 bits per heavy atom. The maximum Gasteiger partial charge on any atom is 0.187 e. The van der Waals surface area contributed by atoms with Crippen molar-refractivity contribution in [3.8, 4) is 5.75 Å². The first-order valence-corrected chi connectivity index (χ1v) is 6.85. The van der Waals surface area contributed by atoms with Gasteiger partial charge in [-0.3, -0.25) is 5.43 Å². The molecule has 0 unspecified atom stereocenters. The normalized spacial score (nSPS) is 11.0. The number of hydrogen-bond donors (Lipinski definition) is 2. The molecule has 0 spiro atoms. The molecule has 2 N–H and O–H groups in total. The molecule has 5 nitrogen and oxygen atoms in total. The molecular formula is C15H17N3O2S. The van der Waals surface area contributed by atoms with Crippen LogP contribution < -0.4 is 15.5 Å². The molecule has 0 saturated carbocycles. The molecule has 1 aromatic heterocycles. The second-order valence-electron chi connectivity index (χ2n) is 4.32. The molecule has 1 aromatic carbocycles. The summed E-state index contributed by atoms with van der Waals surface area (Å²) >= 11 is 5.16. The molecular weight excluding hydrogens is 286 g/mol. The van der Waals surface area contributed by atoms with Gasteiger partial charge in [-0.05, 0) is 49.0 Å². The highest BCUT2D eigenvalue weighted by atomic mass is 32.1. The largest absolute Gasteiger partial charge is 0.497 e. The van der Waals surface area contributed by atoms with E-state index in [4.69, 9.17) is 21.4 Å². The van der Waals surface area contributed by atoms with Crippen molar-refractivity contribution in [1.82, 2.24) is 10.7 Å². The molecule has 0 aliphatic carbocycles. The summed E-state index contributed by atoms with van der Waals surface area (Å²) in [5.41, 5.74) is 4.62. The molecule has 0 bridgehead atoms. The molecule has 1 heterocycles. The van der Waals surface area contributed by atoms with Crippen LogP contribution in [0.15, 0.2) is 52.2 Å². The molecule has 0 amide bonds. The van der Waals surface area contributed by atoms with Crippen LogP contribution in [0.2, 0.25) is 0 Å². The minimum atomic E-state index is 0.455. The van der Waals surface area contributed by atoms with Gasteiger partial charge < -0.3 is 14.5 Å². The van der Waals surface area contributed by atoms with Crippen LogP contribution in [0.1, 0.15) is 18.2 Å². The van der Waals surface area contributed by atoms with Crippen LogP contribution >= 0.6 is 12.2 Å². The molecule has 0 radical (unpaired) electrons. The van der Waals surface area contributed by atoms with Crippen LogP contribution in [0.25, 0.3) is 0 Å². The number of furan rings is 1. The number of ether oxygens (including phenoxy) is 1. The smallest absolute Gasteiger partial charge is 0.187 e. The summed E-state index contributed by atoms with van der Waals surface area (Å²) in [5, 5.41) is 7.69. The minimum Gasteiger partial charge on any atom is -0.497 e. The van der Waals surface area contributed by atoms with Gasteiger partial charge in [-0.2, -0.15) is 5.10 Å². The van der Waals surface area contributed by atoms with Crippen molar-refractivity contribution in [2.24, 2.45) is 5.10 Å². The third-order valence-corrected chi connectivity index (χ3v) is 3.05. The lowest BCUT2D eigenvalue weighted by atomic mass is 10.2. The summed E-state index contributed by atoms with van der Waals surface area (Å²) in [7, 11) is 1.64. The second kappa shape index (κ2) is 7.44. The number of nitrogens with one attached hydrogen (secondary N) is 2. The predicted molar refractivity (Wildman–Crippen MR) is 86.5 cm³/mol. The van der Waals surface area contributed by atoms with Crippen LogP contribution in [0.4, 0.5) is 0 Å². The van der Waals surface area contributed by atoms with E-state index in [1.54, 1.807) is 13.4 Å². The van der Waals surface area contributed by atoms with Crippen LogP contribution in [-0.2, 0) is 6.54 Å². The second-order valence-corrected chi connectivity index (χ2v) is 4.73. The van der Waals surface area contributed by atoms with Gasteiger partial charge in [-0.15, -0.1) is 0 Å². The maximum absolute atomic E-state index is 5.23. The van der Waals surface area contributed by atoms with E-state index in [2.05, 4.69) is 15.8 Å². The van der Waals surface area contributed by atoms with Crippen molar-refractivity contribution in [3.63, 3.8) is 0 Å². The van der Waals surface area contributed by atoms with Gasteiger partial charge in [0.2, 0.25) is 0 Å². The Balaban J connectivity index is 1.80. The maximum atomic E-state index is 5.23. The Hall–Kier alpha value is -2.34. The van der Waals surface area contributed by atoms with Gasteiger partial charge >= 0.3 is 0 Å². The highest BCUT2D eigenvalue weighted by Gasteiger charge is 2.01. The Kier molecular flexibility index (Phi) is 5.34. The van der Waals surface area contributed by atoms with Crippen molar-refractivity contribution < 1.29 is 9.15 Å². The molecule has 21 heavy (non-hydrogen) atoms. The zero-order chi connectivity index (χ0) is 15.1. The van der Waals surface area contributed by atoms with Gasteiger partial charge in [0.15, 0.2) is 5.11 Å². The summed E-state index contributed by atoms with van der Waals surface area (Å²) in [5.74, 6) is 1.54. The molecule has 0 saturated heterocycles. The van der Waals surface area contributed by atoms with Crippen molar-refractivity contribution in [2.45, 2.75) is 13.5 Å². The molecule has 0 aliphatic rings. The molecule has 2 rings (SSSR count). The lowest BCUT2D eigenvalue weighted by Gasteiger charge is -2.08. The van der Waals surface area contributed by atoms with E-state index in [1.165, 1.54) is 0 Å². The Morgan fingerprint density at radius 1 is 1.29 bits per heavy atom. The fourth-order valence-electron chi connectivity index (χ4n) is 1.64. The van der Waals surface area contributed by atoms with E-state index >= 15 is 0 Å². The number of methoxy groups -OCH3 is 1. The van der Waals surface area contributed by atoms with E-state index in [0.717, 1.165) is 17.0 Å². The van der Waals surface area contributed by atoms with Gasteiger partial charge in [-0.25, -0.2) is 0 Å². The number of thiocarbonyl (C=S) groups is 1. The average molecular weight is 303 g/mol. The standard InChI is InChI=1S/C15H17N3O2S/c1-11(14-4-3-9-20-14)17-18-15(21)16-10-12-5-7-13(19-2)8-6-12/h3-9H,10H2,1-2H3,(H2,16,18,21)/b17-11-. The van der Waals surface area contributed by atoms with Crippen molar-refractivity contribution in [1.29, 1.82) is 0 Å². The summed E-state index contributed by atoms with van der Waals surface area (Å²) in [6, 6.07) is 11.4. The number of hydrogen-bond acceptors (Lipinski definition) is 4. The molecule has 0 aliphatic heterocycles. The fraction of sp³-hybridized carbons (Fsp3) is 0.200. The third kappa shape index (κ3) is 4.61. The zero-order valence-corrected chi connectivity index (χ0v) is 12.7. The van der Waals surface area contributed by atoms with E-state index < -0.39 is 0 Å². The van der Waals surface area contributed by atoms with Crippen molar-refractivity contribution in [3.05, 3.63) is 54.0 Å². The van der Waals surface area contributed by atoms with Crippen LogP contribution in [0.3, 0.4) is 0 Å². The van der Waals surface area contributed by atoms with E-state index in [9.17, 15) is 0 Å². The third-order valence-electron chi connectivity index (χ3n) is 2.82. The number of nitrogens with zero attached hydrogens (tertiary/aromatic N) is 1. The predicted octanol–water partition coefficient (Wildman–Crippen LogP) is 2.68. The summed E-state index contributed by atoms with van der Waals surface area (Å²) in [6.07, 6.45) is 1.61. The first-order valence-electron chi connectivity index (χ1n) is 6.44. The number of benzene rings is 1. The van der Waals surface area contributed by atoms with Gasteiger partial charge in [0.25, 0.3) is 0 Å². The lowest BCUT2D eigenvalue weighted by Crippen LogP contribution is -2.32. The topological polar surface area (TPSA) is 58.8 Å². The van der Waals surface area contributed by atoms with Crippen LogP contribution in [0.5, 0.6) is 5.75 Å². The first kappa shape index (κ1) is 15.1. The Bertz CT molecular complexity index is 606. The Morgan fingerprint density at radius 2 is 2.05 bits per heavy atom. The monoisotopic (exact) mass is 303 g/mol. The minimum absolute atomic E-state index is 0.455. The molecule has 0 fully saturated rings. The number of rotatable bonds is 5. The quantitative estimate of drug-likeness (QED) is 0.505. The zero-order valence-electron chi connectivity index (χ0n) is 11.9. The van der Waals surface area contributed by atoms with Gasteiger partial charge in [-0.1, -0.05) is 12.1 Å². The summed E-state index contributed by atoms with van der Waals surface area (Å²) in [4.78, 5) is 0. The highest BCUT2D eigenvalue weighted by molar-refractivity contribution is 7.80. The highest BCUT2D eigenvalue weighted by Crippen LogP contribution is 2.10. The van der Waals surface area contributed by atoms with Crippen LogP contribution in [-0.4, -0.2) is 17.9 Å². The van der Waals surface area contributed by atoms with Gasteiger partial charge in [0.1, 0.15) is 17.2 Å². The van der Waals surface area contributed by atoms with Crippen LogP contribution in [0, 0.1) is 0 Å². The van der Waals surface area contributed by atoms with E-state index in [-0.39, 0.29) is 0 Å². The molecule has 6 heteroatoms. The summed E-state index contributed by atoms with van der Waals surface area (Å²) in [6.45, 7) is 2.46. The van der Waals surface area contributed by atoms with Crippen molar-refractivity contribution in [2.75, 3.05) is 7.11 Å². The summed E-state index contributed by atoms with van der Waals surface area (Å²) < 4.78 is 10.3. The number of hydrazone groups is 1. The first-order chi connectivity index (χ1) is 10.2. The SMILES string of the molecule is COc1ccc(CNC(=S)N/N=C(/C)c2ccco2)cc1. The van der Waals surface area contributed by atoms with E-state index in [0.29, 0.717) is 17.4 Å². The van der Waals surface area contributed by atoms with Gasteiger partial charge in [0, 0.05) is 6.54 Å². The fourth-order valence-corrected chi connectivity index (χ4v) is 1.76. The molecule has 2 aromatic rings. The average Bonchev–Trinajstić information content (AvgIpc) is 3.05. The molecule has 0 atom stereocenters. The van der Waals surface area contributed by atoms with E-state index in [1.807, 2.05) is 43.3 Å². The lowest BCUT2D eigenvalue weighted by molar-refractivity contribution is 0.414. The van der Waals surface area contributed by atoms with Crippen molar-refractivity contribution >= 4 is 23.0 Å². The molecule has 110 valence electrons. The Labute approximate surface area is 129 Å².